The van der Waals surface area contributed by atoms with Gasteiger partial charge in [0, 0.05) is 29.1 Å². The summed E-state index contributed by atoms with van der Waals surface area (Å²) in [5.74, 6) is 0.117. The Morgan fingerprint density at radius 2 is 2.00 bits per heavy atom. The predicted molar refractivity (Wildman–Crippen MR) is 83.7 cm³/mol. The lowest BCUT2D eigenvalue weighted by molar-refractivity contribution is -0.134. The Labute approximate surface area is 132 Å². The molecule has 1 aliphatic heterocycles. The molecular weight excluding hydrogens is 308 g/mol. The number of thiazole rings is 1. The number of rotatable bonds is 3. The van der Waals surface area contributed by atoms with Crippen LogP contribution in [0.1, 0.15) is 5.69 Å². The molecule has 1 aromatic carbocycles. The Morgan fingerprint density at radius 3 is 2.71 bits per heavy atom. The molecule has 0 spiro atoms. The van der Waals surface area contributed by atoms with Gasteiger partial charge in [-0.25, -0.2) is 4.98 Å². The molecule has 2 heterocycles. The molecule has 0 N–H and O–H groups in total. The fourth-order valence-corrected chi connectivity index (χ4v) is 3.14. The van der Waals surface area contributed by atoms with E-state index in [1.807, 2.05) is 34.5 Å². The summed E-state index contributed by atoms with van der Waals surface area (Å²) in [7, 11) is 0. The molecular formula is C15H15ClN2O2S. The van der Waals surface area contributed by atoms with Gasteiger partial charge < -0.3 is 9.64 Å². The van der Waals surface area contributed by atoms with Crippen molar-refractivity contribution in [1.29, 1.82) is 0 Å². The molecule has 1 saturated heterocycles. The number of nitrogens with zero attached hydrogens (tertiary/aromatic N) is 2. The van der Waals surface area contributed by atoms with E-state index in [1.165, 1.54) is 0 Å². The van der Waals surface area contributed by atoms with E-state index in [9.17, 15) is 4.79 Å². The van der Waals surface area contributed by atoms with Crippen LogP contribution in [0, 0.1) is 0 Å². The van der Waals surface area contributed by atoms with E-state index in [4.69, 9.17) is 16.3 Å². The van der Waals surface area contributed by atoms with Crippen LogP contribution >= 0.6 is 22.9 Å². The van der Waals surface area contributed by atoms with Crippen molar-refractivity contribution >= 4 is 28.8 Å². The normalized spacial score (nSPS) is 15.2. The van der Waals surface area contributed by atoms with E-state index in [1.54, 1.807) is 11.3 Å². The monoisotopic (exact) mass is 322 g/mol. The summed E-state index contributed by atoms with van der Waals surface area (Å²) in [5.41, 5.74) is 1.84. The van der Waals surface area contributed by atoms with Gasteiger partial charge >= 0.3 is 0 Å². The van der Waals surface area contributed by atoms with Crippen LogP contribution in [-0.4, -0.2) is 42.1 Å². The van der Waals surface area contributed by atoms with Crippen LogP contribution < -0.4 is 0 Å². The molecule has 0 saturated carbocycles. The van der Waals surface area contributed by atoms with Gasteiger partial charge in [0.15, 0.2) is 0 Å². The van der Waals surface area contributed by atoms with Crippen molar-refractivity contribution < 1.29 is 9.53 Å². The van der Waals surface area contributed by atoms with Crippen LogP contribution in [0.4, 0.5) is 0 Å². The summed E-state index contributed by atoms with van der Waals surface area (Å²) < 4.78 is 5.25. The molecule has 0 aliphatic carbocycles. The van der Waals surface area contributed by atoms with E-state index in [0.717, 1.165) is 16.3 Å². The second kappa shape index (κ2) is 6.56. The number of hydrogen-bond donors (Lipinski definition) is 0. The number of ether oxygens (including phenoxy) is 1. The first kappa shape index (κ1) is 14.5. The van der Waals surface area contributed by atoms with Crippen LogP contribution in [0.25, 0.3) is 10.6 Å². The maximum atomic E-state index is 12.2. The predicted octanol–water partition coefficient (Wildman–Crippen LogP) is 2.86. The number of benzene rings is 1. The highest BCUT2D eigenvalue weighted by molar-refractivity contribution is 7.13. The van der Waals surface area contributed by atoms with Crippen molar-refractivity contribution in [2.24, 2.45) is 0 Å². The van der Waals surface area contributed by atoms with Crippen molar-refractivity contribution in [3.8, 4) is 10.6 Å². The Hall–Kier alpha value is -1.43. The van der Waals surface area contributed by atoms with Crippen molar-refractivity contribution in [2.45, 2.75) is 6.42 Å². The lowest BCUT2D eigenvalue weighted by atomic mass is 10.2. The van der Waals surface area contributed by atoms with Crippen LogP contribution in [0.2, 0.25) is 5.02 Å². The summed E-state index contributed by atoms with van der Waals surface area (Å²) in [6.07, 6.45) is 0.351. The lowest BCUT2D eigenvalue weighted by Crippen LogP contribution is -2.41. The highest BCUT2D eigenvalue weighted by atomic mass is 35.5. The zero-order valence-corrected chi connectivity index (χ0v) is 13.0. The van der Waals surface area contributed by atoms with Gasteiger partial charge in [0.25, 0.3) is 0 Å². The standard InChI is InChI=1S/C15H15ClN2O2S/c16-12-3-1-11(2-4-12)15-17-13(10-21-15)9-14(19)18-5-7-20-8-6-18/h1-4,10H,5-9H2. The maximum Gasteiger partial charge on any atom is 0.228 e. The zero-order valence-electron chi connectivity index (χ0n) is 11.4. The summed E-state index contributed by atoms with van der Waals surface area (Å²) in [6.45, 7) is 2.59. The van der Waals surface area contributed by atoms with Gasteiger partial charge in [-0.15, -0.1) is 11.3 Å². The topological polar surface area (TPSA) is 42.4 Å². The van der Waals surface area contributed by atoms with Gasteiger partial charge in [0.05, 0.1) is 25.3 Å². The van der Waals surface area contributed by atoms with Gasteiger partial charge in [0.2, 0.25) is 5.91 Å². The molecule has 1 aromatic heterocycles. The van der Waals surface area contributed by atoms with E-state index in [2.05, 4.69) is 4.98 Å². The molecule has 2 aromatic rings. The number of halogens is 1. The quantitative estimate of drug-likeness (QED) is 0.872. The molecule has 0 atom stereocenters. The average molecular weight is 323 g/mol. The number of hydrogen-bond acceptors (Lipinski definition) is 4. The molecule has 1 amide bonds. The van der Waals surface area contributed by atoms with Crippen molar-refractivity contribution in [3.05, 3.63) is 40.4 Å². The van der Waals surface area contributed by atoms with Gasteiger partial charge in [0.1, 0.15) is 5.01 Å². The largest absolute Gasteiger partial charge is 0.378 e. The zero-order chi connectivity index (χ0) is 14.7. The van der Waals surface area contributed by atoms with E-state index in [0.29, 0.717) is 37.7 Å². The van der Waals surface area contributed by atoms with Crippen LogP contribution in [0.15, 0.2) is 29.6 Å². The summed E-state index contributed by atoms with van der Waals surface area (Å²) in [5, 5.41) is 3.57. The number of carbonyl (C=O) groups excluding carboxylic acids is 1. The summed E-state index contributed by atoms with van der Waals surface area (Å²) >= 11 is 7.43. The minimum Gasteiger partial charge on any atom is -0.378 e. The van der Waals surface area contributed by atoms with Crippen LogP contribution in [0.3, 0.4) is 0 Å². The van der Waals surface area contributed by atoms with E-state index < -0.39 is 0 Å². The molecule has 4 nitrogen and oxygen atoms in total. The van der Waals surface area contributed by atoms with Crippen molar-refractivity contribution in [1.82, 2.24) is 9.88 Å². The van der Waals surface area contributed by atoms with Gasteiger partial charge in [-0.05, 0) is 12.1 Å². The van der Waals surface area contributed by atoms with Crippen molar-refractivity contribution in [2.75, 3.05) is 26.3 Å². The third-order valence-corrected chi connectivity index (χ3v) is 4.53. The van der Waals surface area contributed by atoms with E-state index in [-0.39, 0.29) is 5.91 Å². The molecule has 0 bridgehead atoms. The molecule has 21 heavy (non-hydrogen) atoms. The third kappa shape index (κ3) is 3.61. The fraction of sp³-hybridized carbons (Fsp3) is 0.333. The lowest BCUT2D eigenvalue weighted by Gasteiger charge is -2.26. The van der Waals surface area contributed by atoms with Crippen LogP contribution in [0.5, 0.6) is 0 Å². The SMILES string of the molecule is O=C(Cc1csc(-c2ccc(Cl)cc2)n1)N1CCOCC1. The first-order chi connectivity index (χ1) is 10.2. The first-order valence-electron chi connectivity index (χ1n) is 6.78. The minimum absolute atomic E-state index is 0.117. The highest BCUT2D eigenvalue weighted by Gasteiger charge is 2.18. The summed E-state index contributed by atoms with van der Waals surface area (Å²) in [6, 6.07) is 7.57. The Bertz CT molecular complexity index is 621. The maximum absolute atomic E-state index is 12.2. The average Bonchev–Trinajstić information content (AvgIpc) is 2.97. The Kier molecular flexibility index (Phi) is 4.53. The molecule has 0 radical (unpaired) electrons. The molecule has 3 rings (SSSR count). The molecule has 110 valence electrons. The minimum atomic E-state index is 0.117. The van der Waals surface area contributed by atoms with Gasteiger partial charge in [-0.2, -0.15) is 0 Å². The third-order valence-electron chi connectivity index (χ3n) is 3.34. The first-order valence-corrected chi connectivity index (χ1v) is 8.04. The van der Waals surface area contributed by atoms with E-state index >= 15 is 0 Å². The van der Waals surface area contributed by atoms with Gasteiger partial charge in [-0.3, -0.25) is 4.79 Å². The molecule has 0 unspecified atom stereocenters. The summed E-state index contributed by atoms with van der Waals surface area (Å²) in [4.78, 5) is 18.6. The second-order valence-electron chi connectivity index (χ2n) is 4.82. The Balaban J connectivity index is 1.67. The molecule has 6 heteroatoms. The number of morpholine rings is 1. The highest BCUT2D eigenvalue weighted by Crippen LogP contribution is 2.25. The fourth-order valence-electron chi connectivity index (χ4n) is 2.19. The number of aromatic nitrogens is 1. The second-order valence-corrected chi connectivity index (χ2v) is 6.12. The smallest absolute Gasteiger partial charge is 0.228 e. The number of amides is 1. The van der Waals surface area contributed by atoms with Crippen molar-refractivity contribution in [3.63, 3.8) is 0 Å². The Morgan fingerprint density at radius 1 is 1.29 bits per heavy atom. The molecule has 1 fully saturated rings. The number of carbonyl (C=O) groups is 1. The van der Waals surface area contributed by atoms with Crippen LogP contribution in [-0.2, 0) is 16.0 Å². The molecule has 1 aliphatic rings. The van der Waals surface area contributed by atoms with Gasteiger partial charge in [-0.1, -0.05) is 23.7 Å².